The number of nitrogens with zero attached hydrogens (tertiary/aromatic N) is 2. The van der Waals surface area contributed by atoms with Crippen molar-refractivity contribution in [2.75, 3.05) is 0 Å². The summed E-state index contributed by atoms with van der Waals surface area (Å²) in [5, 5.41) is 11.4. The molecule has 0 N–H and O–H groups in total. The third kappa shape index (κ3) is 6.20. The first kappa shape index (κ1) is 31.3. The van der Waals surface area contributed by atoms with Crippen LogP contribution < -0.4 is 31.8 Å². The molecule has 7 aromatic carbocycles. The van der Waals surface area contributed by atoms with Gasteiger partial charge in [-0.2, -0.15) is 0 Å². The molecule has 0 aliphatic heterocycles. The second-order valence-corrected chi connectivity index (χ2v) is 16.9. The lowest BCUT2D eigenvalue weighted by Gasteiger charge is -2.25. The van der Waals surface area contributed by atoms with Gasteiger partial charge in [0.2, 0.25) is 0 Å². The number of hydrogen-bond donors (Lipinski definition) is 0. The Balaban J connectivity index is 1.42. The van der Waals surface area contributed by atoms with Gasteiger partial charge in [0.25, 0.3) is 0 Å². The zero-order chi connectivity index (χ0) is 33.2. The lowest BCUT2D eigenvalue weighted by molar-refractivity contribution is 0.785. The lowest BCUT2D eigenvalue weighted by atomic mass is 9.98. The highest BCUT2D eigenvalue weighted by Gasteiger charge is 2.25. The molecule has 0 saturated carbocycles. The first-order chi connectivity index (χ1) is 24.2. The van der Waals surface area contributed by atoms with Crippen LogP contribution in [0.1, 0.15) is 25.6 Å². The molecule has 0 saturated heterocycles. The van der Waals surface area contributed by atoms with Gasteiger partial charge in [-0.1, -0.05) is 178 Å². The summed E-state index contributed by atoms with van der Waals surface area (Å²) in [7, 11) is -1.65. The van der Waals surface area contributed by atoms with E-state index in [1.807, 2.05) is 0 Å². The van der Waals surface area contributed by atoms with Crippen molar-refractivity contribution in [3.63, 3.8) is 0 Å². The van der Waals surface area contributed by atoms with E-state index in [-0.39, 0.29) is 5.92 Å². The third-order valence-corrected chi connectivity index (χ3v) is 13.8. The van der Waals surface area contributed by atoms with E-state index >= 15 is 0 Å². The number of benzene rings is 7. The van der Waals surface area contributed by atoms with Crippen molar-refractivity contribution in [1.82, 2.24) is 9.97 Å². The predicted molar refractivity (Wildman–Crippen MR) is 214 cm³/mol. The van der Waals surface area contributed by atoms with Gasteiger partial charge in [0.05, 0.1) is 11.2 Å². The maximum atomic E-state index is 5.45. The van der Waals surface area contributed by atoms with Gasteiger partial charge in [-0.3, -0.25) is 0 Å². The molecule has 1 heterocycles. The first-order valence-corrected chi connectivity index (χ1v) is 19.5. The first-order valence-electron chi connectivity index (χ1n) is 16.8. The molecule has 4 heteroatoms. The second kappa shape index (κ2) is 13.9. The molecule has 0 spiro atoms. The Morgan fingerprint density at radius 2 is 0.939 bits per heavy atom. The van der Waals surface area contributed by atoms with Crippen molar-refractivity contribution in [3.8, 4) is 11.3 Å². The fourth-order valence-electron chi connectivity index (χ4n) is 6.60. The Morgan fingerprint density at radius 3 is 1.49 bits per heavy atom. The highest BCUT2D eigenvalue weighted by atomic mass is 31.1. The van der Waals surface area contributed by atoms with Crippen molar-refractivity contribution in [3.05, 3.63) is 182 Å². The van der Waals surface area contributed by atoms with Gasteiger partial charge in [0.1, 0.15) is 5.82 Å². The molecule has 0 radical (unpaired) electrons. The largest absolute Gasteiger partial charge is 0.233 e. The normalized spacial score (nSPS) is 11.6. The zero-order valence-corrected chi connectivity index (χ0v) is 29.4. The van der Waals surface area contributed by atoms with Crippen LogP contribution in [-0.4, -0.2) is 9.97 Å². The molecule has 0 atom stereocenters. The number of aromatic nitrogens is 2. The van der Waals surface area contributed by atoms with Crippen LogP contribution >= 0.6 is 15.8 Å². The van der Waals surface area contributed by atoms with Crippen LogP contribution in [0.5, 0.6) is 0 Å². The van der Waals surface area contributed by atoms with E-state index < -0.39 is 15.8 Å². The minimum absolute atomic E-state index is 0.166. The summed E-state index contributed by atoms with van der Waals surface area (Å²) < 4.78 is 0. The summed E-state index contributed by atoms with van der Waals surface area (Å²) >= 11 is 0. The van der Waals surface area contributed by atoms with E-state index in [9.17, 15) is 0 Å². The summed E-state index contributed by atoms with van der Waals surface area (Å²) in [6.07, 6.45) is 0. The van der Waals surface area contributed by atoms with E-state index in [0.29, 0.717) is 0 Å². The van der Waals surface area contributed by atoms with Gasteiger partial charge in [-0.15, -0.1) is 0 Å². The van der Waals surface area contributed by atoms with Crippen LogP contribution in [0.4, 0.5) is 0 Å². The Bertz CT molecular complexity index is 2280. The SMILES string of the molecule is CC(C)c1nc(-c2c(P(c3ccccc3)c3ccccc3)ccc3ccccc23)c2ccc(P(c3ccccc3)c3ccccc3)cc2n1. The summed E-state index contributed by atoms with van der Waals surface area (Å²) in [4.78, 5) is 10.7. The third-order valence-electron chi connectivity index (χ3n) is 8.91. The molecular formula is C45H36N2P2. The average molecular weight is 667 g/mol. The molecule has 0 fully saturated rings. The molecule has 0 amide bonds. The van der Waals surface area contributed by atoms with Crippen molar-refractivity contribution in [1.29, 1.82) is 0 Å². The molecular weight excluding hydrogens is 630 g/mol. The van der Waals surface area contributed by atoms with E-state index in [4.69, 9.17) is 9.97 Å². The van der Waals surface area contributed by atoms with Gasteiger partial charge < -0.3 is 0 Å². The highest BCUT2D eigenvalue weighted by molar-refractivity contribution is 7.80. The fraction of sp³-hybridized carbons (Fsp3) is 0.0667. The molecule has 0 aliphatic rings. The molecule has 8 rings (SSSR count). The van der Waals surface area contributed by atoms with E-state index in [1.54, 1.807) is 0 Å². The van der Waals surface area contributed by atoms with Gasteiger partial charge in [0, 0.05) is 16.9 Å². The van der Waals surface area contributed by atoms with E-state index in [1.165, 1.54) is 48.2 Å². The van der Waals surface area contributed by atoms with Crippen molar-refractivity contribution < 1.29 is 0 Å². The van der Waals surface area contributed by atoms with Crippen molar-refractivity contribution in [2.45, 2.75) is 19.8 Å². The minimum Gasteiger partial charge on any atom is -0.233 e. The fourth-order valence-corrected chi connectivity index (χ4v) is 11.4. The Kier molecular flexibility index (Phi) is 8.84. The van der Waals surface area contributed by atoms with Crippen molar-refractivity contribution in [2.24, 2.45) is 0 Å². The molecule has 236 valence electrons. The van der Waals surface area contributed by atoms with Crippen LogP contribution in [0.2, 0.25) is 0 Å². The Labute approximate surface area is 291 Å². The van der Waals surface area contributed by atoms with Crippen LogP contribution in [-0.2, 0) is 0 Å². The molecule has 1 aromatic heterocycles. The Morgan fingerprint density at radius 1 is 0.429 bits per heavy atom. The summed E-state index contributed by atoms with van der Waals surface area (Å²) in [6, 6.07) is 64.1. The molecule has 0 bridgehead atoms. The van der Waals surface area contributed by atoms with Crippen molar-refractivity contribution >= 4 is 69.3 Å². The smallest absolute Gasteiger partial charge is 0.132 e. The lowest BCUT2D eigenvalue weighted by Crippen LogP contribution is -2.23. The highest BCUT2D eigenvalue weighted by Crippen LogP contribution is 2.42. The van der Waals surface area contributed by atoms with Gasteiger partial charge in [-0.05, 0) is 70.6 Å². The number of rotatable bonds is 8. The maximum absolute atomic E-state index is 5.45. The van der Waals surface area contributed by atoms with E-state index in [0.717, 1.165) is 22.4 Å². The minimum atomic E-state index is -0.878. The molecule has 0 unspecified atom stereocenters. The summed E-state index contributed by atoms with van der Waals surface area (Å²) in [5.74, 6) is 1.03. The van der Waals surface area contributed by atoms with Crippen LogP contribution in [0.3, 0.4) is 0 Å². The average Bonchev–Trinajstić information content (AvgIpc) is 3.16. The van der Waals surface area contributed by atoms with Gasteiger partial charge in [0.15, 0.2) is 0 Å². The zero-order valence-electron chi connectivity index (χ0n) is 27.6. The van der Waals surface area contributed by atoms with E-state index in [2.05, 4.69) is 190 Å². The Hall–Kier alpha value is -5.00. The predicted octanol–water partition coefficient (Wildman–Crippen LogP) is 9.09. The van der Waals surface area contributed by atoms with Gasteiger partial charge >= 0.3 is 0 Å². The van der Waals surface area contributed by atoms with Crippen LogP contribution in [0.25, 0.3) is 32.9 Å². The maximum Gasteiger partial charge on any atom is 0.132 e. The summed E-state index contributed by atoms with van der Waals surface area (Å²) in [6.45, 7) is 4.39. The molecule has 0 aliphatic carbocycles. The quantitative estimate of drug-likeness (QED) is 0.151. The number of hydrogen-bond acceptors (Lipinski definition) is 2. The monoisotopic (exact) mass is 666 g/mol. The molecule has 8 aromatic rings. The number of fused-ring (bicyclic) bond motifs is 2. The van der Waals surface area contributed by atoms with Gasteiger partial charge in [-0.25, -0.2) is 9.97 Å². The standard InChI is InChI=1S/C45H36N2P2/c1-32(2)45-46-41-31-38(48(34-18-7-3-8-19-34)35-20-9-4-10-21-35)28-29-40(41)44(47-45)43-39-26-16-15-17-33(39)27-30-42(43)49(36-22-11-5-12-23-36)37-24-13-6-14-25-37/h3-32H,1-2H3. The topological polar surface area (TPSA) is 25.8 Å². The summed E-state index contributed by atoms with van der Waals surface area (Å²) in [5.41, 5.74) is 3.20. The molecule has 2 nitrogen and oxygen atoms in total. The van der Waals surface area contributed by atoms with Crippen LogP contribution in [0.15, 0.2) is 176 Å². The molecule has 49 heavy (non-hydrogen) atoms. The van der Waals surface area contributed by atoms with Crippen LogP contribution in [0, 0.1) is 0 Å². The second-order valence-electron chi connectivity index (χ2n) is 12.5.